The molecule has 0 saturated carbocycles. The zero-order chi connectivity index (χ0) is 12.0. The summed E-state index contributed by atoms with van der Waals surface area (Å²) >= 11 is 0. The van der Waals surface area contributed by atoms with E-state index in [2.05, 4.69) is 5.32 Å². The first-order chi connectivity index (χ1) is 6.61. The third kappa shape index (κ3) is 1.62. The molecule has 0 unspecified atom stereocenters. The summed E-state index contributed by atoms with van der Waals surface area (Å²) in [6.45, 7) is 11.2. The third-order valence-corrected chi connectivity index (χ3v) is 3.47. The fourth-order valence-corrected chi connectivity index (χ4v) is 1.61. The summed E-state index contributed by atoms with van der Waals surface area (Å²) in [6, 6.07) is -0.396. The SMILES string of the molecule is CC(C)N1C(=O)NC(C)(C)C(C)(C)C1=O. The predicted molar refractivity (Wildman–Crippen MR) is 58.4 cm³/mol. The van der Waals surface area contributed by atoms with Crippen LogP contribution in [-0.4, -0.2) is 28.4 Å². The molecule has 0 aromatic heterocycles. The van der Waals surface area contributed by atoms with E-state index in [-0.39, 0.29) is 18.0 Å². The highest BCUT2D eigenvalue weighted by atomic mass is 16.2. The van der Waals surface area contributed by atoms with Crippen LogP contribution in [0.1, 0.15) is 41.5 Å². The molecule has 0 atom stereocenters. The second kappa shape index (κ2) is 3.22. The van der Waals surface area contributed by atoms with Crippen molar-refractivity contribution in [1.29, 1.82) is 0 Å². The fraction of sp³-hybridized carbons (Fsp3) is 0.818. The van der Waals surface area contributed by atoms with Gasteiger partial charge in [-0.2, -0.15) is 0 Å². The summed E-state index contributed by atoms with van der Waals surface area (Å²) in [5.41, 5.74) is -1.09. The summed E-state index contributed by atoms with van der Waals surface area (Å²) in [7, 11) is 0. The average molecular weight is 212 g/mol. The van der Waals surface area contributed by atoms with Gasteiger partial charge in [0.05, 0.1) is 11.0 Å². The highest BCUT2D eigenvalue weighted by Crippen LogP contribution is 2.36. The molecular formula is C11H20N2O2. The minimum Gasteiger partial charge on any atom is -0.332 e. The minimum atomic E-state index is -0.578. The van der Waals surface area contributed by atoms with Gasteiger partial charge in [-0.05, 0) is 41.5 Å². The maximum absolute atomic E-state index is 12.2. The van der Waals surface area contributed by atoms with E-state index in [0.717, 1.165) is 0 Å². The maximum atomic E-state index is 12.2. The molecule has 1 aliphatic heterocycles. The van der Waals surface area contributed by atoms with Crippen LogP contribution in [0.25, 0.3) is 0 Å². The van der Waals surface area contributed by atoms with Gasteiger partial charge in [0, 0.05) is 6.04 Å². The Hall–Kier alpha value is -1.06. The zero-order valence-corrected chi connectivity index (χ0v) is 10.3. The summed E-state index contributed by atoms with van der Waals surface area (Å²) in [5.74, 6) is -0.105. The van der Waals surface area contributed by atoms with Crippen molar-refractivity contribution in [2.45, 2.75) is 53.1 Å². The second-order valence-electron chi connectivity index (χ2n) is 5.45. The maximum Gasteiger partial charge on any atom is 0.324 e. The third-order valence-electron chi connectivity index (χ3n) is 3.47. The fourth-order valence-electron chi connectivity index (χ4n) is 1.61. The number of urea groups is 1. The number of nitrogens with zero attached hydrogens (tertiary/aromatic N) is 1. The van der Waals surface area contributed by atoms with Crippen molar-refractivity contribution in [3.63, 3.8) is 0 Å². The Morgan fingerprint density at radius 3 is 2.00 bits per heavy atom. The van der Waals surface area contributed by atoms with E-state index < -0.39 is 11.0 Å². The number of carbonyl (C=O) groups excluding carboxylic acids is 2. The van der Waals surface area contributed by atoms with E-state index in [1.807, 2.05) is 41.5 Å². The first-order valence-electron chi connectivity index (χ1n) is 5.27. The summed E-state index contributed by atoms with van der Waals surface area (Å²) in [4.78, 5) is 25.2. The van der Waals surface area contributed by atoms with Gasteiger partial charge in [0.15, 0.2) is 0 Å². The number of hydrogen-bond donors (Lipinski definition) is 1. The summed E-state index contributed by atoms with van der Waals surface area (Å²) in [5, 5.41) is 2.87. The monoisotopic (exact) mass is 212 g/mol. The van der Waals surface area contributed by atoms with Gasteiger partial charge in [-0.15, -0.1) is 0 Å². The van der Waals surface area contributed by atoms with E-state index >= 15 is 0 Å². The largest absolute Gasteiger partial charge is 0.332 e. The topological polar surface area (TPSA) is 49.4 Å². The molecule has 0 aromatic carbocycles. The molecule has 4 nitrogen and oxygen atoms in total. The molecule has 1 heterocycles. The zero-order valence-electron chi connectivity index (χ0n) is 10.3. The number of nitrogens with one attached hydrogen (secondary N) is 1. The quantitative estimate of drug-likeness (QED) is 0.720. The Morgan fingerprint density at radius 1 is 1.13 bits per heavy atom. The smallest absolute Gasteiger partial charge is 0.324 e. The van der Waals surface area contributed by atoms with E-state index in [1.165, 1.54) is 4.90 Å². The number of amides is 3. The van der Waals surface area contributed by atoms with Gasteiger partial charge >= 0.3 is 6.03 Å². The van der Waals surface area contributed by atoms with Gasteiger partial charge in [-0.1, -0.05) is 0 Å². The molecule has 1 aliphatic rings. The summed E-state index contributed by atoms with van der Waals surface area (Å²) in [6.07, 6.45) is 0. The Morgan fingerprint density at radius 2 is 1.60 bits per heavy atom. The van der Waals surface area contributed by atoms with Crippen molar-refractivity contribution >= 4 is 11.9 Å². The standard InChI is InChI=1S/C11H20N2O2/c1-7(2)13-8(14)10(3,4)11(5,6)12-9(13)15/h7H,1-6H3,(H,12,15). The second-order valence-corrected chi connectivity index (χ2v) is 5.45. The van der Waals surface area contributed by atoms with Gasteiger partial charge in [-0.25, -0.2) is 4.79 Å². The van der Waals surface area contributed by atoms with E-state index in [4.69, 9.17) is 0 Å². The Kier molecular flexibility index (Phi) is 2.58. The lowest BCUT2D eigenvalue weighted by Gasteiger charge is -2.49. The Labute approximate surface area is 91.0 Å². The molecule has 0 spiro atoms. The minimum absolute atomic E-state index is 0.104. The molecule has 0 bridgehead atoms. The van der Waals surface area contributed by atoms with Gasteiger partial charge in [0.1, 0.15) is 0 Å². The lowest BCUT2D eigenvalue weighted by molar-refractivity contribution is -0.145. The molecule has 1 fully saturated rings. The molecule has 0 aliphatic carbocycles. The van der Waals surface area contributed by atoms with E-state index in [1.54, 1.807) is 0 Å². The lowest BCUT2D eigenvalue weighted by atomic mass is 9.72. The van der Waals surface area contributed by atoms with Crippen molar-refractivity contribution in [2.75, 3.05) is 0 Å². The van der Waals surface area contributed by atoms with Crippen LogP contribution in [-0.2, 0) is 4.79 Å². The number of imide groups is 1. The van der Waals surface area contributed by atoms with E-state index in [0.29, 0.717) is 0 Å². The van der Waals surface area contributed by atoms with Crippen molar-refractivity contribution in [2.24, 2.45) is 5.41 Å². The molecular weight excluding hydrogens is 192 g/mol. The number of rotatable bonds is 1. The molecule has 3 amide bonds. The van der Waals surface area contributed by atoms with Crippen molar-refractivity contribution < 1.29 is 9.59 Å². The van der Waals surface area contributed by atoms with Crippen LogP contribution in [0.4, 0.5) is 4.79 Å². The Bertz CT molecular complexity index is 306. The molecule has 0 radical (unpaired) electrons. The molecule has 4 heteroatoms. The number of carbonyl (C=O) groups is 2. The molecule has 1 N–H and O–H groups in total. The molecule has 0 aromatic rings. The van der Waals surface area contributed by atoms with Gasteiger partial charge in [0.25, 0.3) is 0 Å². The molecule has 1 saturated heterocycles. The van der Waals surface area contributed by atoms with Crippen LogP contribution in [0.2, 0.25) is 0 Å². The van der Waals surface area contributed by atoms with Crippen LogP contribution >= 0.6 is 0 Å². The highest BCUT2D eigenvalue weighted by Gasteiger charge is 2.52. The first-order valence-corrected chi connectivity index (χ1v) is 5.27. The van der Waals surface area contributed by atoms with Crippen molar-refractivity contribution in [3.8, 4) is 0 Å². The van der Waals surface area contributed by atoms with Crippen LogP contribution in [0.3, 0.4) is 0 Å². The summed E-state index contributed by atoms with van der Waals surface area (Å²) < 4.78 is 0. The molecule has 86 valence electrons. The van der Waals surface area contributed by atoms with E-state index in [9.17, 15) is 9.59 Å². The van der Waals surface area contributed by atoms with Gasteiger partial charge in [0.2, 0.25) is 5.91 Å². The van der Waals surface area contributed by atoms with Crippen LogP contribution < -0.4 is 5.32 Å². The number of hydrogen-bond acceptors (Lipinski definition) is 2. The van der Waals surface area contributed by atoms with Gasteiger partial charge < -0.3 is 5.32 Å². The van der Waals surface area contributed by atoms with Crippen molar-refractivity contribution in [1.82, 2.24) is 10.2 Å². The van der Waals surface area contributed by atoms with Crippen LogP contribution in [0.15, 0.2) is 0 Å². The predicted octanol–water partition coefficient (Wildman–Crippen LogP) is 1.75. The normalized spacial score (nSPS) is 24.3. The van der Waals surface area contributed by atoms with Crippen LogP contribution in [0.5, 0.6) is 0 Å². The molecule has 15 heavy (non-hydrogen) atoms. The average Bonchev–Trinajstić information content (AvgIpc) is 1.99. The first kappa shape index (κ1) is 12.0. The highest BCUT2D eigenvalue weighted by molar-refractivity contribution is 6.01. The Balaban J connectivity index is 3.14. The van der Waals surface area contributed by atoms with Gasteiger partial charge in [-0.3, -0.25) is 9.69 Å². The van der Waals surface area contributed by atoms with Crippen molar-refractivity contribution in [3.05, 3.63) is 0 Å². The van der Waals surface area contributed by atoms with Crippen LogP contribution in [0, 0.1) is 5.41 Å². The molecule has 1 rings (SSSR count). The lowest BCUT2D eigenvalue weighted by Crippen LogP contribution is -2.70.